The highest BCUT2D eigenvalue weighted by Gasteiger charge is 2.67. The van der Waals surface area contributed by atoms with Crippen molar-refractivity contribution in [2.45, 2.75) is 37.1 Å². The van der Waals surface area contributed by atoms with Gasteiger partial charge in [-0.3, -0.25) is 9.97 Å². The zero-order chi connectivity index (χ0) is 30.0. The second-order valence-electron chi connectivity index (χ2n) is 10.8. The molecule has 0 bridgehead atoms. The number of hydrogen-bond acceptors (Lipinski definition) is 4. The van der Waals surface area contributed by atoms with Crippen LogP contribution < -0.4 is 5.32 Å². The normalized spacial score (nSPS) is 18.9. The number of aromatic nitrogens is 4. The second-order valence-corrected chi connectivity index (χ2v) is 10.8. The summed E-state index contributed by atoms with van der Waals surface area (Å²) in [5.74, 6) is -7.03. The Bertz CT molecular complexity index is 1880. The topological polar surface area (TPSA) is 72.7 Å². The predicted octanol–water partition coefficient (Wildman–Crippen LogP) is 7.46. The number of carbonyl (C=O) groups excluding carboxylic acids is 1. The number of pyridine rings is 2. The molecule has 43 heavy (non-hydrogen) atoms. The fraction of sp³-hybridized carbons (Fsp3) is 0.226. The van der Waals surface area contributed by atoms with Crippen molar-refractivity contribution >= 4 is 16.8 Å². The van der Waals surface area contributed by atoms with Crippen LogP contribution in [0.2, 0.25) is 0 Å². The Kier molecular flexibility index (Phi) is 6.26. The van der Waals surface area contributed by atoms with Crippen molar-refractivity contribution in [1.29, 1.82) is 0 Å². The summed E-state index contributed by atoms with van der Waals surface area (Å²) in [6.45, 7) is 0. The molecule has 3 heterocycles. The fourth-order valence-corrected chi connectivity index (χ4v) is 6.15. The molecule has 12 heteroatoms. The first-order chi connectivity index (χ1) is 20.6. The van der Waals surface area contributed by atoms with Gasteiger partial charge in [-0.15, -0.1) is 0 Å². The molecule has 3 aromatic heterocycles. The molecule has 218 valence electrons. The number of alkyl halides is 4. The third-order valence-corrected chi connectivity index (χ3v) is 8.09. The SMILES string of the molecule is O=C(N[C@@H](Cc1cc(F)cc(F)c1)c1ncccc1-c1cncc2ccccc12)n1nc2c(c1C(F)F)C1CC1C2(F)F. The van der Waals surface area contributed by atoms with E-state index in [0.717, 1.165) is 22.9 Å². The minimum atomic E-state index is -3.43. The summed E-state index contributed by atoms with van der Waals surface area (Å²) in [6.07, 6.45) is 1.30. The van der Waals surface area contributed by atoms with Crippen LogP contribution >= 0.6 is 0 Å². The molecule has 0 saturated heterocycles. The lowest BCUT2D eigenvalue weighted by atomic mass is 9.94. The molecule has 7 rings (SSSR count). The van der Waals surface area contributed by atoms with E-state index in [4.69, 9.17) is 0 Å². The van der Waals surface area contributed by atoms with Crippen LogP contribution in [0.1, 0.15) is 53.0 Å². The lowest BCUT2D eigenvalue weighted by Gasteiger charge is -2.22. The molecular weight excluding hydrogens is 572 g/mol. The summed E-state index contributed by atoms with van der Waals surface area (Å²) >= 11 is 0. The Morgan fingerprint density at radius 1 is 1.02 bits per heavy atom. The number of nitrogens with zero attached hydrogens (tertiary/aromatic N) is 4. The summed E-state index contributed by atoms with van der Waals surface area (Å²) in [6, 6.07) is 11.3. The van der Waals surface area contributed by atoms with Gasteiger partial charge < -0.3 is 5.32 Å². The molecule has 1 saturated carbocycles. The maximum atomic E-state index is 14.8. The highest BCUT2D eigenvalue weighted by molar-refractivity contribution is 5.96. The van der Waals surface area contributed by atoms with E-state index in [0.29, 0.717) is 21.9 Å². The molecule has 0 aliphatic heterocycles. The maximum absolute atomic E-state index is 14.8. The molecule has 1 N–H and O–H groups in total. The van der Waals surface area contributed by atoms with Gasteiger partial charge in [0, 0.05) is 52.7 Å². The Balaban J connectivity index is 1.34. The Morgan fingerprint density at radius 2 is 1.79 bits per heavy atom. The third-order valence-electron chi connectivity index (χ3n) is 8.09. The number of halogens is 6. The predicted molar refractivity (Wildman–Crippen MR) is 144 cm³/mol. The molecule has 1 fully saturated rings. The van der Waals surface area contributed by atoms with E-state index < -0.39 is 59.3 Å². The van der Waals surface area contributed by atoms with E-state index in [1.165, 1.54) is 6.20 Å². The van der Waals surface area contributed by atoms with Crippen molar-refractivity contribution in [3.63, 3.8) is 0 Å². The van der Waals surface area contributed by atoms with Gasteiger partial charge in [0.15, 0.2) is 0 Å². The van der Waals surface area contributed by atoms with Crippen molar-refractivity contribution in [3.8, 4) is 11.1 Å². The van der Waals surface area contributed by atoms with Crippen LogP contribution in [0.25, 0.3) is 21.9 Å². The number of amides is 1. The summed E-state index contributed by atoms with van der Waals surface area (Å²) < 4.78 is 86.7. The molecule has 1 amide bonds. The highest BCUT2D eigenvalue weighted by Crippen LogP contribution is 2.67. The van der Waals surface area contributed by atoms with E-state index in [1.54, 1.807) is 24.5 Å². The smallest absolute Gasteiger partial charge is 0.327 e. The minimum absolute atomic E-state index is 0.0388. The van der Waals surface area contributed by atoms with Crippen LogP contribution in [0.3, 0.4) is 0 Å². The maximum Gasteiger partial charge on any atom is 0.343 e. The van der Waals surface area contributed by atoms with Gasteiger partial charge in [0.05, 0.1) is 11.7 Å². The van der Waals surface area contributed by atoms with Gasteiger partial charge in [0.2, 0.25) is 0 Å². The number of hydrogen-bond donors (Lipinski definition) is 1. The van der Waals surface area contributed by atoms with Gasteiger partial charge in [0.25, 0.3) is 12.3 Å². The van der Waals surface area contributed by atoms with Crippen LogP contribution in [-0.2, 0) is 12.3 Å². The van der Waals surface area contributed by atoms with Gasteiger partial charge in [-0.2, -0.15) is 18.6 Å². The van der Waals surface area contributed by atoms with Crippen LogP contribution in [0.15, 0.2) is 73.2 Å². The van der Waals surface area contributed by atoms with Gasteiger partial charge in [-0.25, -0.2) is 22.4 Å². The van der Waals surface area contributed by atoms with Crippen molar-refractivity contribution in [2.75, 3.05) is 0 Å². The molecule has 2 aliphatic rings. The van der Waals surface area contributed by atoms with Crippen molar-refractivity contribution in [2.24, 2.45) is 5.92 Å². The molecule has 2 unspecified atom stereocenters. The molecule has 5 aromatic rings. The van der Waals surface area contributed by atoms with Crippen molar-refractivity contribution < 1.29 is 31.1 Å². The van der Waals surface area contributed by atoms with Gasteiger partial charge in [-0.05, 0) is 47.9 Å². The summed E-state index contributed by atoms with van der Waals surface area (Å²) in [5, 5.41) is 7.88. The number of fused-ring (bicyclic) bond motifs is 4. The average molecular weight is 594 g/mol. The quantitative estimate of drug-likeness (QED) is 0.208. The molecule has 0 spiro atoms. The average Bonchev–Trinajstić information content (AvgIpc) is 3.62. The summed E-state index contributed by atoms with van der Waals surface area (Å²) in [7, 11) is 0. The lowest BCUT2D eigenvalue weighted by molar-refractivity contribution is -0.0271. The first-order valence-electron chi connectivity index (χ1n) is 13.5. The first-order valence-corrected chi connectivity index (χ1v) is 13.5. The Hall–Kier alpha value is -4.74. The number of carbonyl (C=O) groups is 1. The van der Waals surface area contributed by atoms with E-state index in [1.807, 2.05) is 24.3 Å². The van der Waals surface area contributed by atoms with Crippen LogP contribution in [0, 0.1) is 17.6 Å². The summed E-state index contributed by atoms with van der Waals surface area (Å²) in [4.78, 5) is 22.4. The van der Waals surface area contributed by atoms with E-state index in [9.17, 15) is 31.1 Å². The monoisotopic (exact) mass is 593 g/mol. The lowest BCUT2D eigenvalue weighted by Crippen LogP contribution is -2.36. The number of nitrogens with one attached hydrogen (secondary N) is 1. The third kappa shape index (κ3) is 4.52. The van der Waals surface area contributed by atoms with E-state index in [2.05, 4.69) is 20.4 Å². The summed E-state index contributed by atoms with van der Waals surface area (Å²) in [5.41, 5.74) is -0.459. The number of rotatable bonds is 6. The minimum Gasteiger partial charge on any atom is -0.327 e. The number of benzene rings is 2. The first kappa shape index (κ1) is 27.1. The van der Waals surface area contributed by atoms with Crippen LogP contribution in [-0.4, -0.2) is 25.8 Å². The Labute approximate surface area is 240 Å². The molecule has 6 nitrogen and oxygen atoms in total. The molecule has 0 radical (unpaired) electrons. The standard InChI is InChI=1S/C31H21F6N5O/c32-17-8-15(9-18(33)11-17)10-24(26-20(6-3-7-39-26)22-14-38-13-16-4-1-2-5-19(16)22)40-30(43)42-27(29(34)35)25-21-12-23(21)31(36,37)28(25)41-42/h1-9,11,13-14,21,23-24,29H,10,12H2,(H,40,43)/t21?,23?,24-/m0/s1. The zero-order valence-corrected chi connectivity index (χ0v) is 22.1. The molecular formula is C31H21F6N5O. The Morgan fingerprint density at radius 3 is 2.56 bits per heavy atom. The van der Waals surface area contributed by atoms with Gasteiger partial charge >= 0.3 is 6.03 Å². The molecule has 2 aromatic carbocycles. The fourth-order valence-electron chi connectivity index (χ4n) is 6.15. The highest BCUT2D eigenvalue weighted by atomic mass is 19.3. The largest absolute Gasteiger partial charge is 0.343 e. The molecule has 3 atom stereocenters. The van der Waals surface area contributed by atoms with Crippen molar-refractivity contribution in [1.82, 2.24) is 25.1 Å². The van der Waals surface area contributed by atoms with Gasteiger partial charge in [-0.1, -0.05) is 30.3 Å². The molecule has 2 aliphatic carbocycles. The van der Waals surface area contributed by atoms with E-state index in [-0.39, 0.29) is 29.7 Å². The zero-order valence-electron chi connectivity index (χ0n) is 22.1. The van der Waals surface area contributed by atoms with Gasteiger partial charge in [0.1, 0.15) is 23.0 Å². The van der Waals surface area contributed by atoms with E-state index >= 15 is 0 Å². The second kappa shape index (κ2) is 9.92. The van der Waals surface area contributed by atoms with Crippen molar-refractivity contribution in [3.05, 3.63) is 113 Å². The van der Waals surface area contributed by atoms with Crippen LogP contribution in [0.4, 0.5) is 31.1 Å². The van der Waals surface area contributed by atoms with Crippen LogP contribution in [0.5, 0.6) is 0 Å².